The van der Waals surface area contributed by atoms with Crippen LogP contribution in [0.1, 0.15) is 46.0 Å². The monoisotopic (exact) mass is 270 g/mol. The van der Waals surface area contributed by atoms with Gasteiger partial charge in [0.05, 0.1) is 18.3 Å². The lowest BCUT2D eigenvalue weighted by Crippen LogP contribution is -2.50. The van der Waals surface area contributed by atoms with Gasteiger partial charge in [-0.15, -0.1) is 0 Å². The van der Waals surface area contributed by atoms with Crippen LogP contribution in [0.3, 0.4) is 0 Å². The predicted molar refractivity (Wildman–Crippen MR) is 77.0 cm³/mol. The van der Waals surface area contributed by atoms with Crippen LogP contribution in [0, 0.1) is 5.92 Å². The van der Waals surface area contributed by atoms with Gasteiger partial charge in [-0.1, -0.05) is 13.3 Å². The fourth-order valence-corrected chi connectivity index (χ4v) is 3.69. The molecule has 3 N–H and O–H groups in total. The standard InChI is InChI=1S/C15H30N2O2/c1-3-14-10-19-12(2)9-17(14)8-6-13-5-4-7-15(13,18)11-16/h12-14,18H,3-11,16H2,1-2H3. The summed E-state index contributed by atoms with van der Waals surface area (Å²) in [6.45, 7) is 7.72. The number of morpholine rings is 1. The summed E-state index contributed by atoms with van der Waals surface area (Å²) in [6.07, 6.45) is 5.67. The van der Waals surface area contributed by atoms with Gasteiger partial charge in [-0.2, -0.15) is 0 Å². The van der Waals surface area contributed by atoms with E-state index in [0.717, 1.165) is 51.8 Å². The van der Waals surface area contributed by atoms with Crippen LogP contribution in [-0.4, -0.2) is 54.0 Å². The van der Waals surface area contributed by atoms with Gasteiger partial charge in [0.2, 0.25) is 0 Å². The molecule has 2 aliphatic rings. The summed E-state index contributed by atoms with van der Waals surface area (Å²) in [4.78, 5) is 2.55. The topological polar surface area (TPSA) is 58.7 Å². The van der Waals surface area contributed by atoms with E-state index in [9.17, 15) is 5.11 Å². The number of aliphatic hydroxyl groups is 1. The van der Waals surface area contributed by atoms with Gasteiger partial charge in [-0.3, -0.25) is 4.90 Å². The van der Waals surface area contributed by atoms with Gasteiger partial charge in [-0.25, -0.2) is 0 Å². The van der Waals surface area contributed by atoms with Crippen LogP contribution < -0.4 is 5.73 Å². The molecule has 1 aliphatic heterocycles. The van der Waals surface area contributed by atoms with E-state index in [2.05, 4.69) is 18.7 Å². The molecule has 0 bridgehead atoms. The molecule has 1 saturated carbocycles. The van der Waals surface area contributed by atoms with E-state index in [-0.39, 0.29) is 0 Å². The molecule has 4 nitrogen and oxygen atoms in total. The van der Waals surface area contributed by atoms with Crippen molar-refractivity contribution in [2.75, 3.05) is 26.2 Å². The summed E-state index contributed by atoms with van der Waals surface area (Å²) in [5.74, 6) is 0.383. The molecule has 0 amide bonds. The molecule has 1 heterocycles. The van der Waals surface area contributed by atoms with Crippen LogP contribution in [0.2, 0.25) is 0 Å². The SMILES string of the molecule is CCC1COC(C)CN1CCC1CCCC1(O)CN. The quantitative estimate of drug-likeness (QED) is 0.792. The first kappa shape index (κ1) is 15.2. The van der Waals surface area contributed by atoms with Crippen LogP contribution in [-0.2, 0) is 4.74 Å². The Balaban J connectivity index is 1.86. The molecule has 2 fully saturated rings. The molecule has 0 radical (unpaired) electrons. The van der Waals surface area contributed by atoms with Crippen molar-refractivity contribution in [2.45, 2.75) is 63.7 Å². The number of hydrogen-bond donors (Lipinski definition) is 2. The largest absolute Gasteiger partial charge is 0.388 e. The summed E-state index contributed by atoms with van der Waals surface area (Å²) in [5.41, 5.74) is 5.16. The highest BCUT2D eigenvalue weighted by atomic mass is 16.5. The zero-order valence-corrected chi connectivity index (χ0v) is 12.5. The Morgan fingerprint density at radius 1 is 1.47 bits per heavy atom. The van der Waals surface area contributed by atoms with E-state index in [1.54, 1.807) is 0 Å². The molecule has 4 atom stereocenters. The first-order chi connectivity index (χ1) is 9.09. The van der Waals surface area contributed by atoms with Crippen molar-refractivity contribution in [1.29, 1.82) is 0 Å². The first-order valence-electron chi connectivity index (χ1n) is 7.87. The van der Waals surface area contributed by atoms with E-state index in [0.29, 0.717) is 24.6 Å². The molecule has 0 aromatic rings. The molecule has 1 aliphatic carbocycles. The minimum atomic E-state index is -0.598. The maximum Gasteiger partial charge on any atom is 0.0797 e. The summed E-state index contributed by atoms with van der Waals surface area (Å²) in [6, 6.07) is 0.545. The van der Waals surface area contributed by atoms with Crippen molar-refractivity contribution in [3.05, 3.63) is 0 Å². The maximum absolute atomic E-state index is 10.5. The molecule has 1 saturated heterocycles. The number of nitrogens with zero attached hydrogens (tertiary/aromatic N) is 1. The molecule has 19 heavy (non-hydrogen) atoms. The van der Waals surface area contributed by atoms with E-state index < -0.39 is 5.60 Å². The zero-order chi connectivity index (χ0) is 13.9. The molecule has 2 rings (SSSR count). The Bertz CT molecular complexity index is 287. The molecule has 112 valence electrons. The van der Waals surface area contributed by atoms with Crippen molar-refractivity contribution in [3.8, 4) is 0 Å². The van der Waals surface area contributed by atoms with Crippen molar-refractivity contribution in [1.82, 2.24) is 4.90 Å². The molecule has 0 aromatic heterocycles. The Morgan fingerprint density at radius 2 is 2.26 bits per heavy atom. The average Bonchev–Trinajstić information content (AvgIpc) is 2.78. The van der Waals surface area contributed by atoms with Gasteiger partial charge in [-0.05, 0) is 45.1 Å². The summed E-state index contributed by atoms with van der Waals surface area (Å²) in [5, 5.41) is 10.5. The molecular formula is C15H30N2O2. The fourth-order valence-electron chi connectivity index (χ4n) is 3.69. The van der Waals surface area contributed by atoms with Gasteiger partial charge in [0.1, 0.15) is 0 Å². The zero-order valence-electron chi connectivity index (χ0n) is 12.5. The van der Waals surface area contributed by atoms with Gasteiger partial charge >= 0.3 is 0 Å². The fraction of sp³-hybridized carbons (Fsp3) is 1.00. The second-order valence-corrected chi connectivity index (χ2v) is 6.39. The van der Waals surface area contributed by atoms with Gasteiger partial charge in [0.15, 0.2) is 0 Å². The Morgan fingerprint density at radius 3 is 2.95 bits per heavy atom. The third kappa shape index (κ3) is 3.48. The van der Waals surface area contributed by atoms with E-state index in [1.165, 1.54) is 0 Å². The maximum atomic E-state index is 10.5. The molecule has 4 unspecified atom stereocenters. The van der Waals surface area contributed by atoms with Gasteiger partial charge < -0.3 is 15.6 Å². The van der Waals surface area contributed by atoms with Crippen LogP contribution in [0.5, 0.6) is 0 Å². The van der Waals surface area contributed by atoms with Crippen LogP contribution >= 0.6 is 0 Å². The summed E-state index contributed by atoms with van der Waals surface area (Å²) in [7, 11) is 0. The molecule has 4 heteroatoms. The molecule has 0 spiro atoms. The van der Waals surface area contributed by atoms with Gasteiger partial charge in [0, 0.05) is 19.1 Å². The van der Waals surface area contributed by atoms with E-state index >= 15 is 0 Å². The molecular weight excluding hydrogens is 240 g/mol. The van der Waals surface area contributed by atoms with Crippen LogP contribution in [0.4, 0.5) is 0 Å². The van der Waals surface area contributed by atoms with E-state index in [1.807, 2.05) is 0 Å². The Hall–Kier alpha value is -0.160. The predicted octanol–water partition coefficient (Wildman–Crippen LogP) is 1.37. The second kappa shape index (κ2) is 6.53. The number of nitrogens with two attached hydrogens (primary N) is 1. The minimum Gasteiger partial charge on any atom is -0.388 e. The van der Waals surface area contributed by atoms with Crippen molar-refractivity contribution in [3.63, 3.8) is 0 Å². The lowest BCUT2D eigenvalue weighted by molar-refractivity contribution is -0.0619. The van der Waals surface area contributed by atoms with Crippen molar-refractivity contribution < 1.29 is 9.84 Å². The Kier molecular flexibility index (Phi) is 5.23. The third-order valence-electron chi connectivity index (χ3n) is 5.09. The summed E-state index contributed by atoms with van der Waals surface area (Å²) < 4.78 is 5.73. The van der Waals surface area contributed by atoms with Crippen LogP contribution in [0.25, 0.3) is 0 Å². The smallest absolute Gasteiger partial charge is 0.0797 e. The lowest BCUT2D eigenvalue weighted by Gasteiger charge is -2.39. The second-order valence-electron chi connectivity index (χ2n) is 6.39. The highest BCUT2D eigenvalue weighted by molar-refractivity contribution is 4.93. The van der Waals surface area contributed by atoms with Crippen molar-refractivity contribution >= 4 is 0 Å². The normalized spacial score (nSPS) is 40.7. The van der Waals surface area contributed by atoms with Crippen molar-refractivity contribution in [2.24, 2.45) is 11.7 Å². The summed E-state index contributed by atoms with van der Waals surface area (Å²) >= 11 is 0. The number of hydrogen-bond acceptors (Lipinski definition) is 4. The minimum absolute atomic E-state index is 0.333. The first-order valence-corrected chi connectivity index (χ1v) is 7.87. The average molecular weight is 270 g/mol. The van der Waals surface area contributed by atoms with E-state index in [4.69, 9.17) is 10.5 Å². The number of rotatable bonds is 5. The Labute approximate surface area is 117 Å². The number of ether oxygens (including phenoxy) is 1. The van der Waals surface area contributed by atoms with Crippen LogP contribution in [0.15, 0.2) is 0 Å². The highest BCUT2D eigenvalue weighted by Crippen LogP contribution is 2.37. The molecule has 0 aromatic carbocycles. The highest BCUT2D eigenvalue weighted by Gasteiger charge is 2.40. The van der Waals surface area contributed by atoms with Gasteiger partial charge in [0.25, 0.3) is 0 Å². The third-order valence-corrected chi connectivity index (χ3v) is 5.09. The lowest BCUT2D eigenvalue weighted by atomic mass is 9.88.